The topological polar surface area (TPSA) is 64.5 Å². The van der Waals surface area contributed by atoms with Crippen LogP contribution in [0.2, 0.25) is 0 Å². The van der Waals surface area contributed by atoms with Crippen LogP contribution in [-0.4, -0.2) is 42.2 Å². The van der Waals surface area contributed by atoms with Crippen LogP contribution in [0.15, 0.2) is 12.4 Å². The number of hydroxylamine groups is 2. The van der Waals surface area contributed by atoms with Crippen molar-refractivity contribution in [1.29, 1.82) is 0 Å². The predicted molar refractivity (Wildman–Crippen MR) is 47.7 cm³/mol. The van der Waals surface area contributed by atoms with E-state index in [1.165, 1.54) is 33.7 Å². The van der Waals surface area contributed by atoms with Gasteiger partial charge in [0.25, 0.3) is 5.91 Å². The van der Waals surface area contributed by atoms with E-state index in [2.05, 4.69) is 9.97 Å². The molecule has 0 aliphatic carbocycles. The largest absolute Gasteiger partial charge is 0.480 e. The van der Waals surface area contributed by atoms with Crippen molar-refractivity contribution in [2.24, 2.45) is 0 Å². The van der Waals surface area contributed by atoms with Crippen LogP contribution < -0.4 is 4.74 Å². The van der Waals surface area contributed by atoms with Gasteiger partial charge >= 0.3 is 0 Å². The minimum absolute atomic E-state index is 0.175. The van der Waals surface area contributed by atoms with Crippen molar-refractivity contribution >= 4 is 5.91 Å². The lowest BCUT2D eigenvalue weighted by atomic mass is 10.4. The molecule has 76 valence electrons. The molecule has 0 N–H and O–H groups in total. The van der Waals surface area contributed by atoms with Crippen LogP contribution in [0.1, 0.15) is 10.5 Å². The van der Waals surface area contributed by atoms with Gasteiger partial charge in [-0.05, 0) is 0 Å². The second kappa shape index (κ2) is 4.52. The lowest BCUT2D eigenvalue weighted by Crippen LogP contribution is -2.26. The minimum Gasteiger partial charge on any atom is -0.480 e. The number of ether oxygens (including phenoxy) is 1. The number of carbonyl (C=O) groups excluding carboxylic acids is 1. The van der Waals surface area contributed by atoms with Crippen molar-refractivity contribution in [2.45, 2.75) is 0 Å². The smallest absolute Gasteiger partial charge is 0.297 e. The van der Waals surface area contributed by atoms with Crippen LogP contribution in [0, 0.1) is 0 Å². The second-order valence-corrected chi connectivity index (χ2v) is 2.43. The first-order chi connectivity index (χ1) is 6.69. The molecule has 0 saturated carbocycles. The summed E-state index contributed by atoms with van der Waals surface area (Å²) in [5.41, 5.74) is 0.175. The van der Waals surface area contributed by atoms with Gasteiger partial charge in [-0.3, -0.25) is 14.6 Å². The number of amides is 1. The zero-order chi connectivity index (χ0) is 10.6. The lowest BCUT2D eigenvalue weighted by Gasteiger charge is -2.12. The lowest BCUT2D eigenvalue weighted by molar-refractivity contribution is -0.0761. The zero-order valence-corrected chi connectivity index (χ0v) is 8.22. The molecule has 0 radical (unpaired) electrons. The van der Waals surface area contributed by atoms with Gasteiger partial charge in [-0.15, -0.1) is 0 Å². The molecule has 1 rings (SSSR count). The molecule has 1 aromatic heterocycles. The molecular formula is C8H11N3O3. The molecule has 0 aromatic carbocycles. The van der Waals surface area contributed by atoms with Crippen molar-refractivity contribution in [3.05, 3.63) is 18.1 Å². The van der Waals surface area contributed by atoms with E-state index < -0.39 is 0 Å². The molecule has 0 atom stereocenters. The van der Waals surface area contributed by atoms with Crippen LogP contribution in [-0.2, 0) is 4.84 Å². The van der Waals surface area contributed by atoms with E-state index in [0.29, 0.717) is 5.88 Å². The molecule has 1 amide bonds. The van der Waals surface area contributed by atoms with Gasteiger partial charge in [0.2, 0.25) is 5.88 Å². The highest BCUT2D eigenvalue weighted by atomic mass is 16.7. The number of rotatable bonds is 3. The molecule has 14 heavy (non-hydrogen) atoms. The summed E-state index contributed by atoms with van der Waals surface area (Å²) in [4.78, 5) is 23.9. The fourth-order valence-electron chi connectivity index (χ4n) is 0.794. The van der Waals surface area contributed by atoms with E-state index in [-0.39, 0.29) is 11.6 Å². The minimum atomic E-state index is -0.376. The third-order valence-corrected chi connectivity index (χ3v) is 1.60. The molecule has 0 spiro atoms. The highest BCUT2D eigenvalue weighted by Gasteiger charge is 2.13. The molecule has 1 aromatic rings. The first kappa shape index (κ1) is 10.4. The van der Waals surface area contributed by atoms with Crippen LogP contribution in [0.4, 0.5) is 0 Å². The Kier molecular flexibility index (Phi) is 3.35. The van der Waals surface area contributed by atoms with Crippen LogP contribution in [0.5, 0.6) is 5.88 Å². The summed E-state index contributed by atoms with van der Waals surface area (Å²) in [7, 11) is 4.34. The van der Waals surface area contributed by atoms with Crippen molar-refractivity contribution < 1.29 is 14.4 Å². The summed E-state index contributed by atoms with van der Waals surface area (Å²) in [6, 6.07) is 0. The van der Waals surface area contributed by atoms with Gasteiger partial charge in [0, 0.05) is 7.05 Å². The maximum Gasteiger partial charge on any atom is 0.297 e. The molecule has 1 heterocycles. The Morgan fingerprint density at radius 3 is 2.71 bits per heavy atom. The Labute approximate surface area is 81.4 Å². The van der Waals surface area contributed by atoms with E-state index in [1.54, 1.807) is 0 Å². The van der Waals surface area contributed by atoms with Crippen LogP contribution in [0.25, 0.3) is 0 Å². The molecule has 0 fully saturated rings. The number of hydrogen-bond acceptors (Lipinski definition) is 5. The maximum absolute atomic E-state index is 11.5. The summed E-state index contributed by atoms with van der Waals surface area (Å²) in [6.07, 6.45) is 2.77. The average Bonchev–Trinajstić information content (AvgIpc) is 2.27. The molecule has 0 saturated heterocycles. The van der Waals surface area contributed by atoms with Crippen LogP contribution >= 0.6 is 0 Å². The number of hydrogen-bond donors (Lipinski definition) is 0. The summed E-state index contributed by atoms with van der Waals surface area (Å²) < 4.78 is 4.83. The number of carbonyl (C=O) groups is 1. The molecule has 0 aliphatic heterocycles. The van der Waals surface area contributed by atoms with E-state index in [4.69, 9.17) is 9.57 Å². The molecule has 0 unspecified atom stereocenters. The highest BCUT2D eigenvalue weighted by molar-refractivity contribution is 5.91. The highest BCUT2D eigenvalue weighted by Crippen LogP contribution is 2.05. The quantitative estimate of drug-likeness (QED) is 0.644. The number of nitrogens with zero attached hydrogens (tertiary/aromatic N) is 3. The molecule has 0 bridgehead atoms. The molecule has 0 aliphatic rings. The first-order valence-corrected chi connectivity index (χ1v) is 3.87. The second-order valence-electron chi connectivity index (χ2n) is 2.43. The fourth-order valence-corrected chi connectivity index (χ4v) is 0.794. The number of aromatic nitrogens is 2. The van der Waals surface area contributed by atoms with Crippen molar-refractivity contribution in [3.8, 4) is 5.88 Å². The average molecular weight is 197 g/mol. The Morgan fingerprint density at radius 1 is 1.43 bits per heavy atom. The predicted octanol–water partition coefficient (Wildman–Crippen LogP) is 0.119. The Balaban J connectivity index is 2.90. The van der Waals surface area contributed by atoms with E-state index in [9.17, 15) is 4.79 Å². The van der Waals surface area contributed by atoms with Crippen molar-refractivity contribution in [3.63, 3.8) is 0 Å². The van der Waals surface area contributed by atoms with E-state index in [1.807, 2.05) is 0 Å². The third kappa shape index (κ3) is 2.17. The Hall–Kier alpha value is -1.69. The molecule has 6 nitrogen and oxygen atoms in total. The van der Waals surface area contributed by atoms with Crippen molar-refractivity contribution in [2.75, 3.05) is 21.3 Å². The maximum atomic E-state index is 11.5. The Bertz CT molecular complexity index is 329. The van der Waals surface area contributed by atoms with Gasteiger partial charge in [0.15, 0.2) is 5.69 Å². The van der Waals surface area contributed by atoms with E-state index >= 15 is 0 Å². The standard InChI is InChI=1S/C8H11N3O3/c1-11(14-3)8(12)6-4-9-5-7(10-6)13-2/h4-5H,1-3H3. The Morgan fingerprint density at radius 2 is 2.14 bits per heavy atom. The molecule has 6 heteroatoms. The van der Waals surface area contributed by atoms with E-state index in [0.717, 1.165) is 5.06 Å². The summed E-state index contributed by atoms with van der Waals surface area (Å²) in [5.74, 6) is -0.0840. The van der Waals surface area contributed by atoms with Gasteiger partial charge in [0.05, 0.1) is 26.6 Å². The molecular weight excluding hydrogens is 186 g/mol. The van der Waals surface area contributed by atoms with Gasteiger partial charge in [-0.1, -0.05) is 0 Å². The van der Waals surface area contributed by atoms with Crippen molar-refractivity contribution in [1.82, 2.24) is 15.0 Å². The first-order valence-electron chi connectivity index (χ1n) is 3.87. The summed E-state index contributed by atoms with van der Waals surface area (Å²) >= 11 is 0. The monoisotopic (exact) mass is 197 g/mol. The van der Waals surface area contributed by atoms with Crippen LogP contribution in [0.3, 0.4) is 0 Å². The number of methoxy groups -OCH3 is 1. The van der Waals surface area contributed by atoms with Gasteiger partial charge in [-0.25, -0.2) is 10.0 Å². The summed E-state index contributed by atoms with van der Waals surface area (Å²) in [6.45, 7) is 0. The van der Waals surface area contributed by atoms with Gasteiger partial charge in [0.1, 0.15) is 0 Å². The van der Waals surface area contributed by atoms with Gasteiger partial charge in [-0.2, -0.15) is 0 Å². The fraction of sp³-hybridized carbons (Fsp3) is 0.375. The SMILES string of the molecule is COc1cncc(C(=O)N(C)OC)n1. The van der Waals surface area contributed by atoms with Gasteiger partial charge < -0.3 is 4.74 Å². The third-order valence-electron chi connectivity index (χ3n) is 1.60. The normalized spacial score (nSPS) is 9.64. The zero-order valence-electron chi connectivity index (χ0n) is 8.22. The summed E-state index contributed by atoms with van der Waals surface area (Å²) in [5, 5.41) is 1.06.